The zero-order valence-electron chi connectivity index (χ0n) is 17.5. The fourth-order valence-corrected chi connectivity index (χ4v) is 2.61. The Labute approximate surface area is 193 Å². The molecule has 0 unspecified atom stereocenters. The zero-order valence-corrected chi connectivity index (χ0v) is 19.1. The van der Waals surface area contributed by atoms with Crippen molar-refractivity contribution < 1.29 is 0 Å². The van der Waals surface area contributed by atoms with Crippen LogP contribution in [0, 0.1) is 20.8 Å². The minimum absolute atomic E-state index is 0. The molecule has 0 aliphatic heterocycles. The second-order valence-electron chi connectivity index (χ2n) is 6.91. The Balaban J connectivity index is 0.00000240. The molecular formula is C21H26Cl2N8. The van der Waals surface area contributed by atoms with Gasteiger partial charge in [0, 0.05) is 11.4 Å². The maximum absolute atomic E-state index is 5.98. The smallest absolute Gasteiger partial charge is 0.109 e. The molecule has 0 amide bonds. The molecule has 0 heterocycles. The predicted molar refractivity (Wildman–Crippen MR) is 134 cm³/mol. The molecule has 0 atom stereocenters. The maximum atomic E-state index is 5.98. The number of nitrogens with zero attached hydrogens (tertiary/aromatic N) is 4. The van der Waals surface area contributed by atoms with E-state index in [4.69, 9.17) is 22.9 Å². The first kappa shape index (κ1) is 25.7. The van der Waals surface area contributed by atoms with E-state index < -0.39 is 0 Å². The number of nitrogen functional groups attached to an aromatic ring is 4. The minimum atomic E-state index is 0. The molecule has 3 aromatic rings. The van der Waals surface area contributed by atoms with Gasteiger partial charge in [0.15, 0.2) is 0 Å². The molecule has 0 saturated heterocycles. The SMILES string of the molecule is Cc1cc(/N=N/c2ccc(C)c(/N=N/c3cc(C)c(N)cc3N)c2)c(N)cc1N.Cl.Cl. The molecule has 0 saturated carbocycles. The highest BCUT2D eigenvalue weighted by atomic mass is 35.5. The van der Waals surface area contributed by atoms with Gasteiger partial charge in [0.05, 0.1) is 22.7 Å². The van der Waals surface area contributed by atoms with Gasteiger partial charge < -0.3 is 22.9 Å². The molecule has 3 rings (SSSR count). The Morgan fingerprint density at radius 2 is 0.935 bits per heavy atom. The van der Waals surface area contributed by atoms with E-state index in [-0.39, 0.29) is 24.8 Å². The molecule has 3 aromatic carbocycles. The van der Waals surface area contributed by atoms with Crippen LogP contribution in [-0.4, -0.2) is 0 Å². The standard InChI is InChI=1S/C21H24N8.2ClH/c1-11-4-5-14(26-28-20-6-12(2)15(22)9-17(20)24)8-19(11)27-29-21-7-13(3)16(23)10-18(21)25;;/h4-10H,22-25H2,1-3H3;2*1H/b28-26+,29-27+;;. The summed E-state index contributed by atoms with van der Waals surface area (Å²) >= 11 is 0. The van der Waals surface area contributed by atoms with Crippen molar-refractivity contribution >= 4 is 70.3 Å². The van der Waals surface area contributed by atoms with Gasteiger partial charge in [-0.2, -0.15) is 10.2 Å². The van der Waals surface area contributed by atoms with E-state index in [2.05, 4.69) is 20.5 Å². The average Bonchev–Trinajstić information content (AvgIpc) is 2.67. The second-order valence-corrected chi connectivity index (χ2v) is 6.91. The van der Waals surface area contributed by atoms with Crippen LogP contribution in [0.2, 0.25) is 0 Å². The van der Waals surface area contributed by atoms with Crippen LogP contribution >= 0.6 is 24.8 Å². The van der Waals surface area contributed by atoms with Gasteiger partial charge in [-0.25, -0.2) is 0 Å². The molecule has 8 N–H and O–H groups in total. The normalized spacial score (nSPS) is 10.8. The highest BCUT2D eigenvalue weighted by Crippen LogP contribution is 2.33. The highest BCUT2D eigenvalue weighted by Gasteiger charge is 2.05. The van der Waals surface area contributed by atoms with E-state index in [1.165, 1.54) is 0 Å². The summed E-state index contributed by atoms with van der Waals surface area (Å²) in [5, 5.41) is 17.1. The molecule has 0 bridgehead atoms. The monoisotopic (exact) mass is 460 g/mol. The van der Waals surface area contributed by atoms with Gasteiger partial charge in [-0.1, -0.05) is 6.07 Å². The number of aryl methyl sites for hydroxylation is 3. The van der Waals surface area contributed by atoms with Crippen LogP contribution in [0.5, 0.6) is 0 Å². The first-order valence-corrected chi connectivity index (χ1v) is 9.00. The molecule has 31 heavy (non-hydrogen) atoms. The topological polar surface area (TPSA) is 154 Å². The van der Waals surface area contributed by atoms with Gasteiger partial charge >= 0.3 is 0 Å². The molecule has 0 aromatic heterocycles. The summed E-state index contributed by atoms with van der Waals surface area (Å²) < 4.78 is 0. The first-order chi connectivity index (χ1) is 13.7. The Morgan fingerprint density at radius 3 is 1.45 bits per heavy atom. The molecule has 0 aliphatic rings. The van der Waals surface area contributed by atoms with Crippen LogP contribution in [0.3, 0.4) is 0 Å². The second kappa shape index (κ2) is 10.6. The molecule has 0 radical (unpaired) electrons. The van der Waals surface area contributed by atoms with Crippen molar-refractivity contribution in [2.75, 3.05) is 22.9 Å². The summed E-state index contributed by atoms with van der Waals surface area (Å²) in [6.45, 7) is 5.72. The largest absolute Gasteiger partial charge is 0.398 e. The number of rotatable bonds is 4. The Kier molecular flexibility index (Phi) is 8.78. The maximum Gasteiger partial charge on any atom is 0.109 e. The third-order valence-corrected chi connectivity index (χ3v) is 4.56. The van der Waals surface area contributed by atoms with Gasteiger partial charge in [-0.15, -0.1) is 35.0 Å². The first-order valence-electron chi connectivity index (χ1n) is 9.00. The lowest BCUT2D eigenvalue weighted by molar-refractivity contribution is 1.18. The van der Waals surface area contributed by atoms with E-state index in [1.54, 1.807) is 30.3 Å². The zero-order chi connectivity index (χ0) is 21.1. The van der Waals surface area contributed by atoms with E-state index in [0.717, 1.165) is 16.7 Å². The third kappa shape index (κ3) is 6.07. The van der Waals surface area contributed by atoms with Crippen molar-refractivity contribution in [1.29, 1.82) is 0 Å². The molecule has 10 heteroatoms. The Bertz CT molecular complexity index is 1140. The number of hydrogen-bond donors (Lipinski definition) is 4. The number of azo groups is 2. The Morgan fingerprint density at radius 1 is 0.484 bits per heavy atom. The summed E-state index contributed by atoms with van der Waals surface area (Å²) in [6.07, 6.45) is 0. The van der Waals surface area contributed by atoms with Crippen LogP contribution in [0.1, 0.15) is 16.7 Å². The van der Waals surface area contributed by atoms with Crippen molar-refractivity contribution in [2.24, 2.45) is 20.5 Å². The van der Waals surface area contributed by atoms with Gasteiger partial charge in [0.25, 0.3) is 0 Å². The van der Waals surface area contributed by atoms with Gasteiger partial charge in [-0.05, 0) is 73.9 Å². The van der Waals surface area contributed by atoms with E-state index in [1.807, 2.05) is 32.9 Å². The molecule has 164 valence electrons. The third-order valence-electron chi connectivity index (χ3n) is 4.56. The average molecular weight is 461 g/mol. The van der Waals surface area contributed by atoms with Crippen molar-refractivity contribution in [3.8, 4) is 0 Å². The van der Waals surface area contributed by atoms with E-state index in [9.17, 15) is 0 Å². The highest BCUT2D eigenvalue weighted by molar-refractivity contribution is 5.85. The molecular weight excluding hydrogens is 435 g/mol. The summed E-state index contributed by atoms with van der Waals surface area (Å²) in [4.78, 5) is 0. The predicted octanol–water partition coefficient (Wildman–Crippen LogP) is 6.62. The number of hydrogen-bond acceptors (Lipinski definition) is 8. The number of halogens is 2. The van der Waals surface area contributed by atoms with Gasteiger partial charge in [-0.3, -0.25) is 0 Å². The van der Waals surface area contributed by atoms with Crippen LogP contribution in [0.25, 0.3) is 0 Å². The summed E-state index contributed by atoms with van der Waals surface area (Å²) in [5.41, 5.74) is 31.0. The summed E-state index contributed by atoms with van der Waals surface area (Å²) in [7, 11) is 0. The van der Waals surface area contributed by atoms with Crippen LogP contribution in [0.15, 0.2) is 62.9 Å². The molecule has 8 nitrogen and oxygen atoms in total. The Hall–Kier alpha value is -3.36. The molecule has 0 aliphatic carbocycles. The number of anilines is 4. The van der Waals surface area contributed by atoms with Crippen molar-refractivity contribution in [2.45, 2.75) is 20.8 Å². The molecule has 0 fully saturated rings. The quantitative estimate of drug-likeness (QED) is 0.255. The van der Waals surface area contributed by atoms with Crippen LogP contribution in [0.4, 0.5) is 45.5 Å². The van der Waals surface area contributed by atoms with Gasteiger partial charge in [0.2, 0.25) is 0 Å². The summed E-state index contributed by atoms with van der Waals surface area (Å²) in [6, 6.07) is 12.5. The molecule has 0 spiro atoms. The number of benzene rings is 3. The fraction of sp³-hybridized carbons (Fsp3) is 0.143. The summed E-state index contributed by atoms with van der Waals surface area (Å²) in [5.74, 6) is 0. The lowest BCUT2D eigenvalue weighted by atomic mass is 10.1. The van der Waals surface area contributed by atoms with E-state index >= 15 is 0 Å². The van der Waals surface area contributed by atoms with Crippen molar-refractivity contribution in [1.82, 2.24) is 0 Å². The van der Waals surface area contributed by atoms with Crippen LogP contribution < -0.4 is 22.9 Å². The lowest BCUT2D eigenvalue weighted by Gasteiger charge is -2.05. The van der Waals surface area contributed by atoms with Gasteiger partial charge in [0.1, 0.15) is 11.4 Å². The van der Waals surface area contributed by atoms with Crippen molar-refractivity contribution in [3.63, 3.8) is 0 Å². The lowest BCUT2D eigenvalue weighted by Crippen LogP contribution is -1.93. The van der Waals surface area contributed by atoms with Crippen LogP contribution in [-0.2, 0) is 0 Å². The van der Waals surface area contributed by atoms with E-state index in [0.29, 0.717) is 45.5 Å². The minimum Gasteiger partial charge on any atom is -0.398 e. The van der Waals surface area contributed by atoms with Crippen molar-refractivity contribution in [3.05, 3.63) is 59.2 Å². The fourth-order valence-electron chi connectivity index (χ4n) is 2.61. The number of nitrogens with two attached hydrogens (primary N) is 4.